The number of likely N-dealkylation sites (tertiary alicyclic amines) is 1. The van der Waals surface area contributed by atoms with Gasteiger partial charge in [-0.1, -0.05) is 12.1 Å². The van der Waals surface area contributed by atoms with Crippen LogP contribution in [0.5, 0.6) is 0 Å². The fourth-order valence-corrected chi connectivity index (χ4v) is 6.28. The van der Waals surface area contributed by atoms with Gasteiger partial charge in [-0.15, -0.1) is 0 Å². The number of piperidine rings is 1. The highest BCUT2D eigenvalue weighted by Gasteiger charge is 2.38. The summed E-state index contributed by atoms with van der Waals surface area (Å²) >= 11 is 0. The highest BCUT2D eigenvalue weighted by Crippen LogP contribution is 2.40. The molecule has 2 saturated heterocycles. The van der Waals surface area contributed by atoms with Crippen molar-refractivity contribution in [2.75, 3.05) is 31.9 Å². The molecular weight excluding hydrogens is 392 g/mol. The lowest BCUT2D eigenvalue weighted by atomic mass is 9.91. The summed E-state index contributed by atoms with van der Waals surface area (Å²) in [5, 5.41) is 6.95. The Labute approximate surface area is 173 Å². The third-order valence-electron chi connectivity index (χ3n) is 6.52. The molecule has 1 aromatic rings. The number of nitrogens with one attached hydrogen (secondary N) is 1. The molecule has 1 saturated carbocycles. The molecule has 3 aliphatic rings. The van der Waals surface area contributed by atoms with E-state index in [-0.39, 0.29) is 29.7 Å². The molecule has 0 spiro atoms. The molecule has 4 rings (SSSR count). The Balaban J connectivity index is 1.33. The predicted molar refractivity (Wildman–Crippen MR) is 109 cm³/mol. The van der Waals surface area contributed by atoms with Gasteiger partial charge in [0.15, 0.2) is 5.69 Å². The lowest BCUT2D eigenvalue weighted by Crippen LogP contribution is -2.56. The van der Waals surface area contributed by atoms with Crippen LogP contribution in [-0.2, 0) is 10.0 Å². The number of carbonyl (C=O) groups is 1. The molecule has 1 amide bonds. The van der Waals surface area contributed by atoms with E-state index in [1.54, 1.807) is 10.4 Å². The summed E-state index contributed by atoms with van der Waals surface area (Å²) in [7, 11) is -3.30. The number of amides is 1. The quantitative estimate of drug-likeness (QED) is 0.717. The van der Waals surface area contributed by atoms with Crippen LogP contribution in [0, 0.1) is 5.92 Å². The third-order valence-corrected chi connectivity index (χ3v) is 8.44. The SMILES string of the molecule is C[C@H]1CN(S(=O)(=O)CCN2CCCC2)[C@@H](C)C[C@H]1NC(=O)c1cc(C2CC2)on1. The second kappa shape index (κ2) is 8.35. The molecule has 0 aromatic carbocycles. The minimum atomic E-state index is -3.30. The Bertz CT molecular complexity index is 829. The van der Waals surface area contributed by atoms with Crippen LogP contribution in [0.3, 0.4) is 0 Å². The van der Waals surface area contributed by atoms with E-state index in [9.17, 15) is 13.2 Å². The summed E-state index contributed by atoms with van der Waals surface area (Å²) in [5.41, 5.74) is 0.312. The zero-order valence-corrected chi connectivity index (χ0v) is 18.2. The van der Waals surface area contributed by atoms with Gasteiger partial charge in [0.05, 0.1) is 5.75 Å². The molecule has 1 aliphatic carbocycles. The van der Waals surface area contributed by atoms with Crippen molar-refractivity contribution in [3.8, 4) is 0 Å². The van der Waals surface area contributed by atoms with E-state index in [0.29, 0.717) is 31.1 Å². The Morgan fingerprint density at radius 3 is 2.69 bits per heavy atom. The maximum atomic E-state index is 12.9. The molecule has 9 heteroatoms. The maximum absolute atomic E-state index is 12.9. The number of rotatable bonds is 7. The highest BCUT2D eigenvalue weighted by atomic mass is 32.2. The number of carbonyl (C=O) groups excluding carboxylic acids is 1. The van der Waals surface area contributed by atoms with E-state index in [0.717, 1.165) is 44.5 Å². The summed E-state index contributed by atoms with van der Waals surface area (Å²) in [4.78, 5) is 14.8. The molecule has 0 radical (unpaired) electrons. The van der Waals surface area contributed by atoms with Gasteiger partial charge in [-0.2, -0.15) is 4.31 Å². The van der Waals surface area contributed by atoms with Crippen LogP contribution >= 0.6 is 0 Å². The molecule has 2 aliphatic heterocycles. The monoisotopic (exact) mass is 424 g/mol. The van der Waals surface area contributed by atoms with Crippen LogP contribution in [-0.4, -0.2) is 72.7 Å². The summed E-state index contributed by atoms with van der Waals surface area (Å²) in [6, 6.07) is 1.52. The molecule has 3 atom stereocenters. The molecule has 0 unspecified atom stereocenters. The lowest BCUT2D eigenvalue weighted by Gasteiger charge is -2.41. The summed E-state index contributed by atoms with van der Waals surface area (Å²) in [6.45, 7) is 6.97. The van der Waals surface area contributed by atoms with Crippen LogP contribution in [0.2, 0.25) is 0 Å². The van der Waals surface area contributed by atoms with Gasteiger partial charge in [-0.25, -0.2) is 8.42 Å². The smallest absolute Gasteiger partial charge is 0.273 e. The van der Waals surface area contributed by atoms with Crippen LogP contribution in [0.4, 0.5) is 0 Å². The number of hydrogen-bond donors (Lipinski definition) is 1. The molecular formula is C20H32N4O4S. The van der Waals surface area contributed by atoms with E-state index >= 15 is 0 Å². The Morgan fingerprint density at radius 1 is 1.28 bits per heavy atom. The van der Waals surface area contributed by atoms with Crippen molar-refractivity contribution in [2.45, 2.75) is 64.0 Å². The van der Waals surface area contributed by atoms with Crippen LogP contribution in [0.15, 0.2) is 10.6 Å². The second-order valence-electron chi connectivity index (χ2n) is 8.97. The van der Waals surface area contributed by atoms with E-state index in [2.05, 4.69) is 15.4 Å². The lowest BCUT2D eigenvalue weighted by molar-refractivity contribution is 0.0870. The summed E-state index contributed by atoms with van der Waals surface area (Å²) in [6.07, 6.45) is 5.10. The molecule has 3 fully saturated rings. The van der Waals surface area contributed by atoms with Gasteiger partial charge in [0, 0.05) is 37.2 Å². The largest absolute Gasteiger partial charge is 0.360 e. The Morgan fingerprint density at radius 2 is 2.00 bits per heavy atom. The van der Waals surface area contributed by atoms with Crippen molar-refractivity contribution in [3.05, 3.63) is 17.5 Å². The fourth-order valence-electron chi connectivity index (χ4n) is 4.46. The van der Waals surface area contributed by atoms with Gasteiger partial charge in [-0.05, 0) is 58.0 Å². The van der Waals surface area contributed by atoms with Gasteiger partial charge in [0.2, 0.25) is 10.0 Å². The zero-order valence-electron chi connectivity index (χ0n) is 17.3. The first kappa shape index (κ1) is 20.8. The van der Waals surface area contributed by atoms with Crippen molar-refractivity contribution >= 4 is 15.9 Å². The Kier molecular flexibility index (Phi) is 5.99. The average molecular weight is 425 g/mol. The first-order valence-corrected chi connectivity index (χ1v) is 12.4. The van der Waals surface area contributed by atoms with E-state index in [1.807, 2.05) is 13.8 Å². The standard InChI is InChI=1S/C20H32N4O4S/c1-14-13-24(29(26,27)10-9-23-7-3-4-8-23)15(2)11-17(14)21-20(25)18-12-19(28-22-18)16-5-6-16/h12,14-17H,3-11,13H2,1-2H3,(H,21,25)/t14-,15-,17+/m0/s1. The van der Waals surface area contributed by atoms with E-state index in [1.165, 1.54) is 0 Å². The average Bonchev–Trinajstić information content (AvgIpc) is 3.19. The van der Waals surface area contributed by atoms with E-state index < -0.39 is 10.0 Å². The maximum Gasteiger partial charge on any atom is 0.273 e. The number of aromatic nitrogens is 1. The van der Waals surface area contributed by atoms with Gasteiger partial charge in [0.25, 0.3) is 5.91 Å². The van der Waals surface area contributed by atoms with Gasteiger partial charge in [-0.3, -0.25) is 4.79 Å². The molecule has 0 bridgehead atoms. The minimum Gasteiger partial charge on any atom is -0.360 e. The van der Waals surface area contributed by atoms with Gasteiger partial charge >= 0.3 is 0 Å². The molecule has 3 heterocycles. The van der Waals surface area contributed by atoms with E-state index in [4.69, 9.17) is 4.52 Å². The first-order chi connectivity index (χ1) is 13.8. The van der Waals surface area contributed by atoms with Gasteiger partial charge in [0.1, 0.15) is 5.76 Å². The molecule has 29 heavy (non-hydrogen) atoms. The predicted octanol–water partition coefficient (Wildman–Crippen LogP) is 1.81. The topological polar surface area (TPSA) is 95.8 Å². The van der Waals surface area contributed by atoms with Gasteiger partial charge < -0.3 is 14.7 Å². The molecule has 162 valence electrons. The number of hydrogen-bond acceptors (Lipinski definition) is 6. The molecule has 1 aromatic heterocycles. The molecule has 1 N–H and O–H groups in total. The molecule has 8 nitrogen and oxygen atoms in total. The highest BCUT2D eigenvalue weighted by molar-refractivity contribution is 7.89. The van der Waals surface area contributed by atoms with Crippen molar-refractivity contribution in [2.24, 2.45) is 5.92 Å². The fraction of sp³-hybridized carbons (Fsp3) is 0.800. The van der Waals surface area contributed by atoms with Crippen LogP contribution < -0.4 is 5.32 Å². The minimum absolute atomic E-state index is 0.0338. The number of sulfonamides is 1. The van der Waals surface area contributed by atoms with Crippen molar-refractivity contribution in [3.63, 3.8) is 0 Å². The second-order valence-corrected chi connectivity index (χ2v) is 11.0. The Hall–Kier alpha value is -1.45. The van der Waals surface area contributed by atoms with Crippen LogP contribution in [0.25, 0.3) is 0 Å². The summed E-state index contributed by atoms with van der Waals surface area (Å²) < 4.78 is 32.7. The first-order valence-electron chi connectivity index (χ1n) is 10.8. The number of nitrogens with zero attached hydrogens (tertiary/aromatic N) is 3. The zero-order chi connectivity index (χ0) is 20.6. The van der Waals surface area contributed by atoms with Crippen LogP contribution in [0.1, 0.15) is 68.1 Å². The van der Waals surface area contributed by atoms with Crippen molar-refractivity contribution in [1.29, 1.82) is 0 Å². The normalized spacial score (nSPS) is 29.2. The summed E-state index contributed by atoms with van der Waals surface area (Å²) in [5.74, 6) is 1.17. The van der Waals surface area contributed by atoms with Crippen molar-refractivity contribution in [1.82, 2.24) is 19.7 Å². The third kappa shape index (κ3) is 4.83. The van der Waals surface area contributed by atoms with Crippen molar-refractivity contribution < 1.29 is 17.7 Å².